The first-order chi connectivity index (χ1) is 23.8. The molecule has 2 aromatic rings. The van der Waals surface area contributed by atoms with Gasteiger partial charge in [-0.15, -0.1) is 0 Å². The van der Waals surface area contributed by atoms with Crippen LogP contribution in [-0.4, -0.2) is 113 Å². The predicted octanol–water partition coefficient (Wildman–Crippen LogP) is 1.97. The molecule has 2 bridgehead atoms. The lowest BCUT2D eigenvalue weighted by atomic mass is 9.64. The van der Waals surface area contributed by atoms with Crippen molar-refractivity contribution in [1.29, 1.82) is 0 Å². The van der Waals surface area contributed by atoms with Crippen LogP contribution >= 0.6 is 0 Å². The van der Waals surface area contributed by atoms with Gasteiger partial charge in [-0.1, -0.05) is 13.0 Å². The average Bonchev–Trinajstić information content (AvgIpc) is 3.69. The first kappa shape index (κ1) is 36.9. The lowest BCUT2D eigenvalue weighted by Gasteiger charge is -2.48. The molecule has 0 spiro atoms. The van der Waals surface area contributed by atoms with E-state index in [4.69, 9.17) is 4.74 Å². The van der Waals surface area contributed by atoms with Crippen molar-refractivity contribution in [2.24, 2.45) is 15.5 Å². The average molecular weight is 704 g/mol. The fourth-order valence-electron chi connectivity index (χ4n) is 7.41. The number of carbonyl (C=O) groups excluding carboxylic acids is 2. The van der Waals surface area contributed by atoms with Gasteiger partial charge in [0.25, 0.3) is 11.5 Å². The minimum absolute atomic E-state index is 0.00223. The van der Waals surface area contributed by atoms with Gasteiger partial charge in [0, 0.05) is 38.4 Å². The molecule has 17 heteroatoms. The number of carbonyl (C=O) groups is 2. The lowest BCUT2D eigenvalue weighted by Crippen LogP contribution is -2.57. The summed E-state index contributed by atoms with van der Waals surface area (Å²) in [7, 11) is 1.76. The van der Waals surface area contributed by atoms with Crippen LogP contribution in [-0.2, 0) is 22.5 Å². The summed E-state index contributed by atoms with van der Waals surface area (Å²) in [4.78, 5) is 54.3. The summed E-state index contributed by atoms with van der Waals surface area (Å²) in [5.41, 5.74) is 0.800. The summed E-state index contributed by atoms with van der Waals surface area (Å²) in [5, 5.41) is 17.2. The smallest absolute Gasteiger partial charge is 0.394 e. The summed E-state index contributed by atoms with van der Waals surface area (Å²) >= 11 is 0. The molecular weight excluding hydrogens is 659 g/mol. The highest BCUT2D eigenvalue weighted by Gasteiger charge is 2.71. The van der Waals surface area contributed by atoms with Crippen LogP contribution in [0.5, 0.6) is 5.75 Å². The monoisotopic (exact) mass is 703 g/mol. The van der Waals surface area contributed by atoms with Crippen LogP contribution in [0, 0.1) is 12.3 Å². The fourth-order valence-corrected chi connectivity index (χ4v) is 7.41. The second-order valence-electron chi connectivity index (χ2n) is 13.1. The molecule has 2 aromatic heterocycles. The highest BCUT2D eigenvalue weighted by Crippen LogP contribution is 2.67. The molecule has 0 aromatic carbocycles. The molecule has 50 heavy (non-hydrogen) atoms. The Kier molecular flexibility index (Phi) is 11.0. The number of anilines is 1. The second kappa shape index (κ2) is 14.8. The van der Waals surface area contributed by atoms with Crippen molar-refractivity contribution in [2.45, 2.75) is 70.6 Å². The normalized spacial score (nSPS) is 23.5. The molecule has 0 unspecified atom stereocenters. The third-order valence-electron chi connectivity index (χ3n) is 10.3. The number of aryl methyl sites for hydroxylation is 1. The van der Waals surface area contributed by atoms with E-state index in [1.54, 1.807) is 23.4 Å². The molecule has 1 amide bonds. The topological polar surface area (TPSA) is 160 Å². The molecule has 0 radical (unpaired) electrons. The van der Waals surface area contributed by atoms with Gasteiger partial charge >= 0.3 is 6.18 Å². The number of aromatic nitrogens is 4. The van der Waals surface area contributed by atoms with Crippen molar-refractivity contribution in [1.82, 2.24) is 29.4 Å². The lowest BCUT2D eigenvalue weighted by molar-refractivity contribution is -0.249. The van der Waals surface area contributed by atoms with Crippen molar-refractivity contribution in [3.05, 3.63) is 51.0 Å². The van der Waals surface area contributed by atoms with Crippen molar-refractivity contribution in [3.8, 4) is 5.75 Å². The standard InChI is InChI=1S/C25H32N8O5.C8H12F3N/c1-4-19-21(30-7-9-31(10-8-30)23(36)20-22(35)17(2)28-16-29-20)24(37)33(26-3)25(32(19)11-12-34)27-15-18-5-13-38-14-6-18;1-12-7-3-2-6(4-7,5-7)8(9,10)11/h5,12,16,35H,3-4,6-11,13-15H2,1-2H3;12H,2-5H2,1H3. The van der Waals surface area contributed by atoms with Crippen LogP contribution in [0.15, 0.2) is 32.9 Å². The summed E-state index contributed by atoms with van der Waals surface area (Å²) in [6, 6.07) is 0. The van der Waals surface area contributed by atoms with Crippen LogP contribution in [0.3, 0.4) is 0 Å². The Hall–Kier alpha value is -4.38. The molecule has 4 heterocycles. The molecular formula is C33H44F3N9O5. The second-order valence-corrected chi connectivity index (χ2v) is 13.1. The zero-order valence-electron chi connectivity index (χ0n) is 28.6. The SMILES string of the molecule is C=Nn1c(=O)c(N2CCN(C(=O)c3ncnc(C)c3O)CC2)c(CC)n(CC=O)c1=NCC1=CCOCC1.CNC12CCC(C(F)(F)F)(C1)C2. The number of alkyl halides is 3. The maximum Gasteiger partial charge on any atom is 0.394 e. The number of aromatic hydroxyl groups is 1. The molecule has 272 valence electrons. The number of amides is 1. The Morgan fingerprint density at radius 2 is 1.92 bits per heavy atom. The highest BCUT2D eigenvalue weighted by atomic mass is 19.4. The third kappa shape index (κ3) is 6.97. The first-order valence-corrected chi connectivity index (χ1v) is 16.7. The molecule has 1 saturated heterocycles. The number of aldehydes is 1. The van der Waals surface area contributed by atoms with E-state index in [9.17, 15) is 32.7 Å². The Labute approximate surface area is 287 Å². The van der Waals surface area contributed by atoms with Crippen LogP contribution in [0.2, 0.25) is 0 Å². The van der Waals surface area contributed by atoms with Gasteiger partial charge in [0.15, 0.2) is 11.4 Å². The zero-order valence-corrected chi connectivity index (χ0v) is 28.6. The fraction of sp³-hybridized carbons (Fsp3) is 0.606. The summed E-state index contributed by atoms with van der Waals surface area (Å²) in [5.74, 6) is -0.639. The van der Waals surface area contributed by atoms with Gasteiger partial charge in [0.1, 0.15) is 18.3 Å². The number of halogens is 3. The predicted molar refractivity (Wildman–Crippen MR) is 178 cm³/mol. The maximum atomic E-state index is 13.7. The Morgan fingerprint density at radius 1 is 1.20 bits per heavy atom. The zero-order chi connectivity index (χ0) is 36.3. The molecule has 2 N–H and O–H groups in total. The van der Waals surface area contributed by atoms with E-state index in [0.29, 0.717) is 95.1 Å². The number of nitrogens with zero attached hydrogens (tertiary/aromatic N) is 8. The molecule has 14 nitrogen and oxygen atoms in total. The number of piperazine rings is 1. The van der Waals surface area contributed by atoms with Gasteiger partial charge in [-0.05, 0) is 58.1 Å². The van der Waals surface area contributed by atoms with E-state index < -0.39 is 17.5 Å². The number of ether oxygens (including phenoxy) is 1. The largest absolute Gasteiger partial charge is 0.504 e. The van der Waals surface area contributed by atoms with Crippen LogP contribution in [0.25, 0.3) is 0 Å². The number of nitrogens with one attached hydrogen (secondary N) is 1. The van der Waals surface area contributed by atoms with E-state index >= 15 is 0 Å². The van der Waals surface area contributed by atoms with E-state index in [1.807, 2.05) is 17.9 Å². The minimum atomic E-state index is -3.98. The van der Waals surface area contributed by atoms with Crippen molar-refractivity contribution in [2.75, 3.05) is 57.9 Å². The van der Waals surface area contributed by atoms with Crippen molar-refractivity contribution >= 4 is 24.6 Å². The van der Waals surface area contributed by atoms with Crippen molar-refractivity contribution in [3.63, 3.8) is 0 Å². The summed E-state index contributed by atoms with van der Waals surface area (Å²) in [6.45, 7) is 9.93. The van der Waals surface area contributed by atoms with Gasteiger partial charge in [-0.25, -0.2) is 15.0 Å². The highest BCUT2D eigenvalue weighted by molar-refractivity contribution is 5.95. The first-order valence-electron chi connectivity index (χ1n) is 16.7. The van der Waals surface area contributed by atoms with E-state index in [2.05, 4.69) is 32.1 Å². The molecule has 5 aliphatic rings. The Bertz CT molecular complexity index is 1770. The molecule has 3 saturated carbocycles. The number of hydrogen-bond donors (Lipinski definition) is 2. The van der Waals surface area contributed by atoms with E-state index in [-0.39, 0.29) is 34.7 Å². The molecule has 4 fully saturated rings. The van der Waals surface area contributed by atoms with Gasteiger partial charge in [0.05, 0.1) is 43.1 Å². The van der Waals surface area contributed by atoms with Gasteiger partial charge in [-0.3, -0.25) is 9.59 Å². The van der Waals surface area contributed by atoms with Crippen molar-refractivity contribution < 1.29 is 32.6 Å². The minimum Gasteiger partial charge on any atom is -0.504 e. The van der Waals surface area contributed by atoms with Gasteiger partial charge in [-0.2, -0.15) is 22.9 Å². The van der Waals surface area contributed by atoms with Gasteiger partial charge in [0.2, 0.25) is 5.62 Å². The quantitative estimate of drug-likeness (QED) is 0.226. The molecule has 0 atom stereocenters. The van der Waals surface area contributed by atoms with E-state index in [1.165, 1.54) is 6.33 Å². The Balaban J connectivity index is 0.000000338. The third-order valence-corrected chi connectivity index (χ3v) is 10.3. The summed E-state index contributed by atoms with van der Waals surface area (Å²) in [6.07, 6.45) is 2.80. The maximum absolute atomic E-state index is 13.7. The summed E-state index contributed by atoms with van der Waals surface area (Å²) < 4.78 is 45.6. The molecule has 7 rings (SSSR count). The van der Waals surface area contributed by atoms with E-state index in [0.717, 1.165) is 23.0 Å². The number of rotatable bonds is 9. The van der Waals surface area contributed by atoms with Crippen LogP contribution < -0.4 is 21.4 Å². The molecule has 3 aliphatic carbocycles. The number of fused-ring (bicyclic) bond motifs is 1. The van der Waals surface area contributed by atoms with Crippen LogP contribution in [0.4, 0.5) is 18.9 Å². The number of hydrogen-bond acceptors (Lipinski definition) is 11. The Morgan fingerprint density at radius 3 is 2.46 bits per heavy atom. The van der Waals surface area contributed by atoms with Gasteiger partial charge < -0.3 is 34.3 Å². The molecule has 2 aliphatic heterocycles. The van der Waals surface area contributed by atoms with Crippen LogP contribution in [0.1, 0.15) is 60.9 Å².